The first-order chi connectivity index (χ1) is 36.2. The van der Waals surface area contributed by atoms with Crippen LogP contribution >= 0.6 is 22.6 Å². The lowest BCUT2D eigenvalue weighted by Gasteiger charge is -2.09. The molecule has 74 heavy (non-hydrogen) atoms. The van der Waals surface area contributed by atoms with E-state index in [1.165, 1.54) is 141 Å². The van der Waals surface area contributed by atoms with Gasteiger partial charge in [0.2, 0.25) is 0 Å². The number of carbonyl (C=O) groups is 2. The number of hydrogen-bond acceptors (Lipinski definition) is 8. The number of rotatable bonds is 37. The number of esters is 2. The second-order valence-electron chi connectivity index (χ2n) is 19.3. The quantitative estimate of drug-likeness (QED) is 0.00735. The average molecular weight is 1120 g/mol. The maximum Gasteiger partial charge on any atom is 0.343 e. The minimum Gasteiger partial charge on any atom is -0.492 e. The fourth-order valence-electron chi connectivity index (χ4n) is 8.67. The van der Waals surface area contributed by atoms with Gasteiger partial charge in [0, 0.05) is 12.1 Å². The summed E-state index contributed by atoms with van der Waals surface area (Å²) in [6, 6.07) is 31.5. The number of unbranched alkanes of at least 4 members (excludes halogenated alkanes) is 22. The Labute approximate surface area is 455 Å². The Morgan fingerprint density at radius 2 is 0.797 bits per heavy atom. The summed E-state index contributed by atoms with van der Waals surface area (Å²) in [6.45, 7) is 5.69. The van der Waals surface area contributed by atoms with Crippen molar-refractivity contribution in [2.75, 3.05) is 13.2 Å². The fourth-order valence-corrected chi connectivity index (χ4v) is 9.36. The molecule has 5 aromatic rings. The SMILES string of the molecule is CCCCCCCCCCCCCCCCOc1ccc(/C=C/c2ccc(C(=O)Oc3cccc(OC(=O)c4ccc(/C=C/c5ccc(OCCCCCCCCCCCC)c([N+](=O)[O-])c5)cc4)c3)cc2)cc1I. The second kappa shape index (κ2) is 35.4. The van der Waals surface area contributed by atoms with E-state index >= 15 is 0 Å². The molecule has 0 aromatic heterocycles. The minimum atomic E-state index is -0.578. The molecule has 0 heterocycles. The lowest BCUT2D eigenvalue weighted by molar-refractivity contribution is -0.385. The molecule has 9 nitrogen and oxygen atoms in total. The molecule has 5 rings (SSSR count). The molecule has 0 radical (unpaired) electrons. The summed E-state index contributed by atoms with van der Waals surface area (Å²) in [6.07, 6.45) is 38.5. The molecular weight excluding hydrogens is 1040 g/mol. The van der Waals surface area contributed by atoms with E-state index in [-0.39, 0.29) is 22.9 Å². The first-order valence-electron chi connectivity index (χ1n) is 27.7. The summed E-state index contributed by atoms with van der Waals surface area (Å²) >= 11 is 2.33. The Morgan fingerprint density at radius 1 is 0.446 bits per heavy atom. The lowest BCUT2D eigenvalue weighted by atomic mass is 10.0. The van der Waals surface area contributed by atoms with Gasteiger partial charge >= 0.3 is 17.6 Å². The number of nitrogens with zero attached hydrogens (tertiary/aromatic N) is 1. The van der Waals surface area contributed by atoms with Gasteiger partial charge in [-0.05, 0) is 112 Å². The first-order valence-corrected chi connectivity index (χ1v) is 28.7. The van der Waals surface area contributed by atoms with Gasteiger partial charge in [0.1, 0.15) is 17.2 Å². The van der Waals surface area contributed by atoms with Crippen LogP contribution in [0.4, 0.5) is 5.69 Å². The van der Waals surface area contributed by atoms with E-state index in [9.17, 15) is 19.7 Å². The largest absolute Gasteiger partial charge is 0.492 e. The Morgan fingerprint density at radius 3 is 1.20 bits per heavy atom. The number of nitro benzene ring substituents is 1. The normalized spacial score (nSPS) is 11.3. The van der Waals surface area contributed by atoms with Crippen molar-refractivity contribution in [1.82, 2.24) is 0 Å². The van der Waals surface area contributed by atoms with Gasteiger partial charge in [-0.15, -0.1) is 0 Å². The molecule has 0 aliphatic heterocycles. The standard InChI is InChI=1S/C64H80INO8/c1-3-5-7-9-11-13-15-16-17-18-20-21-23-25-46-71-61-44-38-53(48-59(61)65)32-30-51-34-40-55(41-35-51)63(67)73-57-28-27-29-58(50-57)74-64(68)56-42-36-52(37-43-56)31-33-54-39-45-62(60(49-54)66(69)70)72-47-26-24-22-19-14-12-10-8-6-4-2/h27-45,48-50H,3-26,46-47H2,1-2H3/b32-30+,33-31+. The molecule has 5 aromatic carbocycles. The van der Waals surface area contributed by atoms with Crippen molar-refractivity contribution in [3.05, 3.63) is 156 Å². The zero-order valence-electron chi connectivity index (χ0n) is 44.2. The van der Waals surface area contributed by atoms with Crippen molar-refractivity contribution in [1.29, 1.82) is 0 Å². The predicted molar refractivity (Wildman–Crippen MR) is 313 cm³/mol. The highest BCUT2D eigenvalue weighted by molar-refractivity contribution is 14.1. The first kappa shape index (κ1) is 59.1. The molecule has 0 saturated heterocycles. The Kier molecular flexibility index (Phi) is 28.3. The summed E-state index contributed by atoms with van der Waals surface area (Å²) in [5.41, 5.74) is 4.07. The topological polar surface area (TPSA) is 114 Å². The van der Waals surface area contributed by atoms with Crippen LogP contribution in [-0.4, -0.2) is 30.1 Å². The molecule has 0 N–H and O–H groups in total. The van der Waals surface area contributed by atoms with Crippen molar-refractivity contribution in [2.24, 2.45) is 0 Å². The van der Waals surface area contributed by atoms with Crippen LogP contribution in [0.25, 0.3) is 24.3 Å². The smallest absolute Gasteiger partial charge is 0.343 e. The maximum absolute atomic E-state index is 13.1. The molecule has 0 atom stereocenters. The third kappa shape index (κ3) is 23.2. The molecule has 0 fully saturated rings. The van der Waals surface area contributed by atoms with E-state index in [0.29, 0.717) is 23.3 Å². The van der Waals surface area contributed by atoms with Crippen molar-refractivity contribution in [2.45, 2.75) is 168 Å². The zero-order chi connectivity index (χ0) is 52.4. The van der Waals surface area contributed by atoms with E-state index in [1.807, 2.05) is 36.4 Å². The summed E-state index contributed by atoms with van der Waals surface area (Å²) in [7, 11) is 0. The number of benzene rings is 5. The van der Waals surface area contributed by atoms with E-state index in [0.717, 1.165) is 58.3 Å². The highest BCUT2D eigenvalue weighted by Crippen LogP contribution is 2.30. The van der Waals surface area contributed by atoms with Crippen LogP contribution in [0.2, 0.25) is 0 Å². The Hall–Kier alpha value is -5.75. The molecule has 0 unspecified atom stereocenters. The number of carbonyl (C=O) groups excluding carboxylic acids is 2. The van der Waals surface area contributed by atoms with Crippen LogP contribution in [0.3, 0.4) is 0 Å². The van der Waals surface area contributed by atoms with E-state index in [2.05, 4.69) is 48.6 Å². The number of nitro groups is 1. The molecule has 396 valence electrons. The van der Waals surface area contributed by atoms with Gasteiger partial charge in [-0.3, -0.25) is 10.1 Å². The van der Waals surface area contributed by atoms with Gasteiger partial charge < -0.3 is 18.9 Å². The minimum absolute atomic E-state index is 0.0718. The third-order valence-electron chi connectivity index (χ3n) is 13.1. The van der Waals surface area contributed by atoms with Gasteiger partial charge in [-0.25, -0.2) is 9.59 Å². The number of ether oxygens (including phenoxy) is 4. The molecule has 0 spiro atoms. The summed E-state index contributed by atoms with van der Waals surface area (Å²) in [5.74, 6) is 0.530. The van der Waals surface area contributed by atoms with Gasteiger partial charge in [0.25, 0.3) is 0 Å². The van der Waals surface area contributed by atoms with E-state index < -0.39 is 16.9 Å². The zero-order valence-corrected chi connectivity index (χ0v) is 46.3. The summed E-state index contributed by atoms with van der Waals surface area (Å²) in [4.78, 5) is 37.6. The predicted octanol–water partition coefficient (Wildman–Crippen LogP) is 19.1. The van der Waals surface area contributed by atoms with Crippen molar-refractivity contribution in [3.8, 4) is 23.0 Å². The molecule has 0 saturated carbocycles. The molecule has 0 aliphatic carbocycles. The summed E-state index contributed by atoms with van der Waals surface area (Å²) < 4.78 is 24.3. The monoisotopic (exact) mass is 1120 g/mol. The molecule has 0 amide bonds. The lowest BCUT2D eigenvalue weighted by Crippen LogP contribution is -2.10. The van der Waals surface area contributed by atoms with Crippen LogP contribution in [-0.2, 0) is 0 Å². The Bertz CT molecular complexity index is 2480. The van der Waals surface area contributed by atoms with Crippen molar-refractivity contribution < 1.29 is 33.5 Å². The third-order valence-corrected chi connectivity index (χ3v) is 13.9. The van der Waals surface area contributed by atoms with Crippen molar-refractivity contribution >= 4 is 64.5 Å². The van der Waals surface area contributed by atoms with Gasteiger partial charge in [0.05, 0.1) is 32.8 Å². The van der Waals surface area contributed by atoms with Crippen LogP contribution < -0.4 is 18.9 Å². The molecular formula is C64H80INO8. The maximum atomic E-state index is 13.1. The second-order valence-corrected chi connectivity index (χ2v) is 20.5. The molecule has 0 bridgehead atoms. The molecule has 0 aliphatic rings. The fraction of sp³-hybridized carbons (Fsp3) is 0.438. The van der Waals surface area contributed by atoms with E-state index in [4.69, 9.17) is 18.9 Å². The highest BCUT2D eigenvalue weighted by Gasteiger charge is 2.16. The van der Waals surface area contributed by atoms with Gasteiger partial charge in [-0.2, -0.15) is 0 Å². The Balaban J connectivity index is 0.989. The highest BCUT2D eigenvalue weighted by atomic mass is 127. The van der Waals surface area contributed by atoms with Gasteiger partial charge in [0.15, 0.2) is 5.75 Å². The van der Waals surface area contributed by atoms with Crippen LogP contribution in [0.5, 0.6) is 23.0 Å². The van der Waals surface area contributed by atoms with Crippen LogP contribution in [0.15, 0.2) is 109 Å². The van der Waals surface area contributed by atoms with Crippen molar-refractivity contribution in [3.63, 3.8) is 0 Å². The average Bonchev–Trinajstić information content (AvgIpc) is 3.41. The molecule has 10 heteroatoms. The van der Waals surface area contributed by atoms with Crippen LogP contribution in [0, 0.1) is 13.7 Å². The number of halogens is 1. The van der Waals surface area contributed by atoms with Crippen LogP contribution in [0.1, 0.15) is 211 Å². The summed E-state index contributed by atoms with van der Waals surface area (Å²) in [5, 5.41) is 11.9. The van der Waals surface area contributed by atoms with E-state index in [1.54, 1.807) is 72.8 Å². The number of hydrogen-bond donors (Lipinski definition) is 0. The van der Waals surface area contributed by atoms with Gasteiger partial charge in [-0.1, -0.05) is 222 Å².